The first-order valence-corrected chi connectivity index (χ1v) is 10.8. The molecule has 1 aliphatic heterocycles. The van der Waals surface area contributed by atoms with Crippen molar-refractivity contribution in [1.29, 1.82) is 0 Å². The Morgan fingerprint density at radius 1 is 1.17 bits per heavy atom. The predicted molar refractivity (Wildman–Crippen MR) is 123 cm³/mol. The van der Waals surface area contributed by atoms with Gasteiger partial charge < -0.3 is 14.3 Å². The zero-order valence-electron chi connectivity index (χ0n) is 18.6. The molecule has 1 fully saturated rings. The summed E-state index contributed by atoms with van der Waals surface area (Å²) in [5.74, 6) is 2.86. The van der Waals surface area contributed by atoms with Crippen LogP contribution in [0, 0.1) is 12.3 Å². The van der Waals surface area contributed by atoms with Gasteiger partial charge in [0.05, 0.1) is 11.1 Å². The summed E-state index contributed by atoms with van der Waals surface area (Å²) in [6.07, 6.45) is 1.18. The quantitative estimate of drug-likeness (QED) is 0.444. The molecular weight excluding hydrogens is 459 g/mol. The molecule has 1 amide bonds. The van der Waals surface area contributed by atoms with E-state index in [1.165, 1.54) is 6.07 Å². The van der Waals surface area contributed by atoms with Crippen molar-refractivity contribution in [2.75, 3.05) is 26.7 Å². The number of hydrogen-bond donors (Lipinski definition) is 1. The second-order valence-corrected chi connectivity index (χ2v) is 8.43. The van der Waals surface area contributed by atoms with Gasteiger partial charge in [0.25, 0.3) is 5.91 Å². The molecule has 3 heterocycles. The predicted octanol–water partition coefficient (Wildman–Crippen LogP) is 4.29. The largest absolute Gasteiger partial charge is 0.416 e. The number of benzene rings is 2. The van der Waals surface area contributed by atoms with Crippen molar-refractivity contribution in [2.45, 2.75) is 12.2 Å². The van der Waals surface area contributed by atoms with Gasteiger partial charge in [-0.3, -0.25) is 9.89 Å². The molecule has 0 aliphatic carbocycles. The number of aromatic amines is 1. The summed E-state index contributed by atoms with van der Waals surface area (Å²) in [6.45, 7) is 1.94. The molecule has 1 aliphatic rings. The highest BCUT2D eigenvalue weighted by molar-refractivity contribution is 5.95. The number of H-pyrrole nitrogens is 1. The number of carbonyl (C=O) groups excluding carboxylic acids is 1. The third-order valence-corrected chi connectivity index (χ3v) is 6.10. The summed E-state index contributed by atoms with van der Waals surface area (Å²) in [7, 11) is 1.97. The molecule has 0 spiro atoms. The van der Waals surface area contributed by atoms with Gasteiger partial charge in [-0.05, 0) is 37.4 Å². The maximum atomic E-state index is 13.0. The number of halogens is 3. The minimum Gasteiger partial charge on any atom is -0.354 e. The highest BCUT2D eigenvalue weighted by Crippen LogP contribution is 2.34. The van der Waals surface area contributed by atoms with E-state index in [2.05, 4.69) is 26.2 Å². The number of nitrogens with zero attached hydrogens (tertiary/aromatic N) is 4. The molecule has 0 saturated carbocycles. The summed E-state index contributed by atoms with van der Waals surface area (Å²) in [6, 6.07) is 11.7. The monoisotopic (exact) mass is 479 g/mol. The third kappa shape index (κ3) is 4.26. The van der Waals surface area contributed by atoms with Crippen LogP contribution >= 0.6 is 0 Å². The van der Waals surface area contributed by atoms with E-state index in [-0.39, 0.29) is 17.5 Å². The number of amides is 1. The van der Waals surface area contributed by atoms with Gasteiger partial charge in [-0.25, -0.2) is 0 Å². The summed E-state index contributed by atoms with van der Waals surface area (Å²) in [5.41, 5.74) is 1.56. The average Bonchev–Trinajstić information content (AvgIpc) is 3.50. The van der Waals surface area contributed by atoms with Gasteiger partial charge >= 0.3 is 6.18 Å². The van der Waals surface area contributed by atoms with Crippen molar-refractivity contribution in [3.63, 3.8) is 0 Å². The van der Waals surface area contributed by atoms with Crippen LogP contribution in [0.5, 0.6) is 0 Å². The standard InChI is InChI=1S/C25H20F3N5O2/c1-3-18-14-32(2)10-11-33(18)24(34)16-6-4-15(5-7-16)20-13-22(35-31-20)23-19-9-8-17(25(26,27)28)12-21(19)29-30-23/h1,4-9,12-13,18H,10-11,14H2,2H3,(H,29,30)/t18-/m0/s1. The van der Waals surface area contributed by atoms with Crippen LogP contribution in [0.3, 0.4) is 0 Å². The van der Waals surface area contributed by atoms with Crippen molar-refractivity contribution in [3.8, 4) is 35.1 Å². The lowest BCUT2D eigenvalue weighted by atomic mass is 10.1. The number of alkyl halides is 3. The van der Waals surface area contributed by atoms with Crippen molar-refractivity contribution in [2.24, 2.45) is 0 Å². The molecule has 10 heteroatoms. The number of piperazine rings is 1. The fourth-order valence-corrected chi connectivity index (χ4v) is 4.16. The average molecular weight is 479 g/mol. The minimum absolute atomic E-state index is 0.130. The van der Waals surface area contributed by atoms with E-state index >= 15 is 0 Å². The molecule has 7 nitrogen and oxygen atoms in total. The maximum Gasteiger partial charge on any atom is 0.416 e. The zero-order valence-corrected chi connectivity index (χ0v) is 18.6. The van der Waals surface area contributed by atoms with Crippen LogP contribution in [0.25, 0.3) is 33.6 Å². The molecular formula is C25H20F3N5O2. The van der Waals surface area contributed by atoms with E-state index in [1.807, 2.05) is 7.05 Å². The van der Waals surface area contributed by atoms with Gasteiger partial charge in [-0.2, -0.15) is 18.3 Å². The van der Waals surface area contributed by atoms with Crippen molar-refractivity contribution in [1.82, 2.24) is 25.2 Å². The van der Waals surface area contributed by atoms with E-state index in [1.54, 1.807) is 35.2 Å². The number of fused-ring (bicyclic) bond motifs is 1. The smallest absolute Gasteiger partial charge is 0.354 e. The zero-order chi connectivity index (χ0) is 24.7. The first-order valence-electron chi connectivity index (χ1n) is 10.8. The highest BCUT2D eigenvalue weighted by atomic mass is 19.4. The van der Waals surface area contributed by atoms with Crippen molar-refractivity contribution >= 4 is 16.8 Å². The summed E-state index contributed by atoms with van der Waals surface area (Å²) < 4.78 is 44.4. The number of hydrogen-bond acceptors (Lipinski definition) is 5. The Morgan fingerprint density at radius 3 is 2.66 bits per heavy atom. The Balaban J connectivity index is 1.37. The number of rotatable bonds is 3. The Kier molecular flexibility index (Phi) is 5.57. The SMILES string of the molecule is C#C[C@H]1CN(C)CCN1C(=O)c1ccc(-c2cc(-c3n[nH]c4cc(C(F)(F)F)ccc34)on2)cc1. The van der Waals surface area contributed by atoms with Gasteiger partial charge in [0.2, 0.25) is 0 Å². The summed E-state index contributed by atoms with van der Waals surface area (Å²) in [5, 5.41) is 11.3. The number of likely N-dealkylation sites (N-methyl/N-ethyl adjacent to an activating group) is 1. The van der Waals surface area contributed by atoms with E-state index in [0.29, 0.717) is 46.8 Å². The van der Waals surface area contributed by atoms with Crippen LogP contribution in [-0.4, -0.2) is 63.8 Å². The van der Waals surface area contributed by atoms with Gasteiger partial charge in [0.15, 0.2) is 5.76 Å². The first-order chi connectivity index (χ1) is 16.7. The molecule has 1 saturated heterocycles. The molecule has 4 aromatic rings. The van der Waals surface area contributed by atoms with Gasteiger partial charge in [-0.1, -0.05) is 23.2 Å². The van der Waals surface area contributed by atoms with Crippen LogP contribution in [-0.2, 0) is 6.18 Å². The Labute approximate surface area is 198 Å². The second-order valence-electron chi connectivity index (χ2n) is 8.43. The van der Waals surface area contributed by atoms with E-state index < -0.39 is 11.7 Å². The lowest BCUT2D eigenvalue weighted by molar-refractivity contribution is -0.137. The molecule has 0 radical (unpaired) electrons. The Bertz CT molecular complexity index is 1430. The highest BCUT2D eigenvalue weighted by Gasteiger charge is 2.31. The van der Waals surface area contributed by atoms with Crippen LogP contribution in [0.2, 0.25) is 0 Å². The van der Waals surface area contributed by atoms with Gasteiger partial charge in [0, 0.05) is 42.2 Å². The third-order valence-electron chi connectivity index (χ3n) is 6.10. The number of aromatic nitrogens is 3. The molecule has 2 aromatic heterocycles. The van der Waals surface area contributed by atoms with Crippen molar-refractivity contribution < 1.29 is 22.5 Å². The number of carbonyl (C=O) groups is 1. The lowest BCUT2D eigenvalue weighted by Gasteiger charge is -2.37. The molecule has 5 rings (SSSR count). The molecule has 1 atom stereocenters. The normalized spacial score (nSPS) is 17.0. The summed E-state index contributed by atoms with van der Waals surface area (Å²) >= 11 is 0. The van der Waals surface area contributed by atoms with Crippen LogP contribution in [0.15, 0.2) is 53.1 Å². The maximum absolute atomic E-state index is 13.0. The molecule has 0 unspecified atom stereocenters. The van der Waals surface area contributed by atoms with E-state index in [0.717, 1.165) is 18.7 Å². The molecule has 2 aromatic carbocycles. The van der Waals surface area contributed by atoms with E-state index in [9.17, 15) is 18.0 Å². The van der Waals surface area contributed by atoms with E-state index in [4.69, 9.17) is 10.9 Å². The topological polar surface area (TPSA) is 78.3 Å². The van der Waals surface area contributed by atoms with Crippen molar-refractivity contribution in [3.05, 3.63) is 59.7 Å². The minimum atomic E-state index is -4.45. The number of terminal acetylenes is 1. The van der Waals surface area contributed by atoms with Gasteiger partial charge in [-0.15, -0.1) is 6.42 Å². The molecule has 178 valence electrons. The number of nitrogens with one attached hydrogen (secondary N) is 1. The van der Waals surface area contributed by atoms with Crippen LogP contribution in [0.1, 0.15) is 15.9 Å². The Hall–Kier alpha value is -4.10. The first kappa shape index (κ1) is 22.7. The Morgan fingerprint density at radius 2 is 1.94 bits per heavy atom. The van der Waals surface area contributed by atoms with Crippen LogP contribution < -0.4 is 0 Å². The molecule has 0 bridgehead atoms. The molecule has 35 heavy (non-hydrogen) atoms. The van der Waals surface area contributed by atoms with Crippen LogP contribution in [0.4, 0.5) is 13.2 Å². The molecule has 1 N–H and O–H groups in total. The summed E-state index contributed by atoms with van der Waals surface area (Å²) in [4.78, 5) is 16.8. The second kappa shape index (κ2) is 8.60. The fourth-order valence-electron chi connectivity index (χ4n) is 4.16. The fraction of sp³-hybridized carbons (Fsp3) is 0.240. The van der Waals surface area contributed by atoms with Gasteiger partial charge in [0.1, 0.15) is 17.4 Å². The lowest BCUT2D eigenvalue weighted by Crippen LogP contribution is -2.53.